The van der Waals surface area contributed by atoms with Gasteiger partial charge in [-0.1, -0.05) is 6.07 Å². The molecule has 1 atom stereocenters. The molecule has 1 saturated carbocycles. The molecule has 0 radical (unpaired) electrons. The van der Waals surface area contributed by atoms with Gasteiger partial charge in [0.15, 0.2) is 11.5 Å². The molecule has 2 aliphatic rings. The zero-order valence-corrected chi connectivity index (χ0v) is 14.7. The van der Waals surface area contributed by atoms with Crippen LogP contribution in [0.15, 0.2) is 18.2 Å². The third-order valence-corrected chi connectivity index (χ3v) is 4.60. The van der Waals surface area contributed by atoms with Gasteiger partial charge in [0, 0.05) is 25.7 Å². The third kappa shape index (κ3) is 4.42. The zero-order chi connectivity index (χ0) is 17.8. The van der Waals surface area contributed by atoms with E-state index in [4.69, 9.17) is 9.47 Å². The average molecular weight is 347 g/mol. The van der Waals surface area contributed by atoms with Crippen LogP contribution in [-0.2, 0) is 16.1 Å². The molecule has 3 rings (SSSR count). The van der Waals surface area contributed by atoms with E-state index in [1.54, 1.807) is 14.2 Å². The van der Waals surface area contributed by atoms with Crippen molar-refractivity contribution in [2.45, 2.75) is 37.9 Å². The average Bonchev–Trinajstić information content (AvgIpc) is 3.41. The van der Waals surface area contributed by atoms with Crippen molar-refractivity contribution in [2.75, 3.05) is 27.3 Å². The summed E-state index contributed by atoms with van der Waals surface area (Å²) in [6, 6.07) is 5.58. The van der Waals surface area contributed by atoms with Gasteiger partial charge in [0.25, 0.3) is 0 Å². The number of rotatable bonds is 7. The minimum Gasteiger partial charge on any atom is -0.493 e. The lowest BCUT2D eigenvalue weighted by Gasteiger charge is -2.34. The Hall–Kier alpha value is -2.28. The first kappa shape index (κ1) is 17.5. The lowest BCUT2D eigenvalue weighted by molar-refractivity contribution is -0.134. The summed E-state index contributed by atoms with van der Waals surface area (Å²) in [6.07, 6.45) is 2.27. The standard InChI is InChI=1S/C18H25N3O4/c1-24-15-6-3-12(9-16(15)25-2)11-21-8-7-19-18(23)14(21)10-17(22)20-13-4-5-13/h3,6,9,13-14H,4-5,7-8,10-11H2,1-2H3,(H,19,23)(H,20,22)/t14-/m1/s1. The molecule has 1 saturated heterocycles. The number of nitrogens with one attached hydrogen (secondary N) is 2. The molecule has 7 nitrogen and oxygen atoms in total. The highest BCUT2D eigenvalue weighted by Crippen LogP contribution is 2.28. The summed E-state index contributed by atoms with van der Waals surface area (Å²) < 4.78 is 10.6. The number of piperazine rings is 1. The van der Waals surface area contributed by atoms with Crippen molar-refractivity contribution >= 4 is 11.8 Å². The quantitative estimate of drug-likeness (QED) is 0.758. The molecule has 136 valence electrons. The largest absolute Gasteiger partial charge is 0.493 e. The molecule has 1 aliphatic heterocycles. The molecule has 1 aliphatic carbocycles. The molecule has 0 aromatic heterocycles. The van der Waals surface area contributed by atoms with E-state index in [1.807, 2.05) is 23.1 Å². The highest BCUT2D eigenvalue weighted by molar-refractivity contribution is 5.89. The summed E-state index contributed by atoms with van der Waals surface area (Å²) in [4.78, 5) is 26.5. The molecule has 0 unspecified atom stereocenters. The van der Waals surface area contributed by atoms with Gasteiger partial charge in [-0.25, -0.2) is 0 Å². The molecular weight excluding hydrogens is 322 g/mol. The Kier molecular flexibility index (Phi) is 5.43. The first-order valence-electron chi connectivity index (χ1n) is 8.62. The number of methoxy groups -OCH3 is 2. The fourth-order valence-corrected chi connectivity index (χ4v) is 3.08. The Labute approximate surface area is 147 Å². The zero-order valence-electron chi connectivity index (χ0n) is 14.7. The summed E-state index contributed by atoms with van der Waals surface area (Å²) >= 11 is 0. The van der Waals surface area contributed by atoms with E-state index in [0.717, 1.165) is 18.4 Å². The first-order chi connectivity index (χ1) is 12.1. The van der Waals surface area contributed by atoms with Crippen molar-refractivity contribution in [2.24, 2.45) is 0 Å². The maximum Gasteiger partial charge on any atom is 0.237 e. The van der Waals surface area contributed by atoms with Gasteiger partial charge >= 0.3 is 0 Å². The van der Waals surface area contributed by atoms with Crippen molar-refractivity contribution in [1.82, 2.24) is 15.5 Å². The highest BCUT2D eigenvalue weighted by atomic mass is 16.5. The summed E-state index contributed by atoms with van der Waals surface area (Å²) in [5.41, 5.74) is 1.01. The van der Waals surface area contributed by atoms with E-state index < -0.39 is 6.04 Å². The fourth-order valence-electron chi connectivity index (χ4n) is 3.08. The van der Waals surface area contributed by atoms with Crippen LogP contribution in [0.5, 0.6) is 11.5 Å². The molecule has 2 N–H and O–H groups in total. The summed E-state index contributed by atoms with van der Waals surface area (Å²) in [6.45, 7) is 1.88. The summed E-state index contributed by atoms with van der Waals surface area (Å²) in [5, 5.41) is 5.81. The Morgan fingerprint density at radius 1 is 1.28 bits per heavy atom. The van der Waals surface area contributed by atoms with E-state index in [2.05, 4.69) is 10.6 Å². The molecule has 0 spiro atoms. The Balaban J connectivity index is 1.69. The van der Waals surface area contributed by atoms with E-state index >= 15 is 0 Å². The summed E-state index contributed by atoms with van der Waals surface area (Å²) in [7, 11) is 3.20. The van der Waals surface area contributed by atoms with Crippen LogP contribution in [0.3, 0.4) is 0 Å². The molecule has 2 amide bonds. The predicted octanol–water partition coefficient (Wildman–Crippen LogP) is 0.673. The van der Waals surface area contributed by atoms with Crippen LogP contribution < -0.4 is 20.1 Å². The maximum absolute atomic E-state index is 12.3. The van der Waals surface area contributed by atoms with Crippen LogP contribution >= 0.6 is 0 Å². The lowest BCUT2D eigenvalue weighted by atomic mass is 10.1. The van der Waals surface area contributed by atoms with E-state index in [9.17, 15) is 9.59 Å². The number of benzene rings is 1. The number of nitrogens with zero attached hydrogens (tertiary/aromatic N) is 1. The van der Waals surface area contributed by atoms with Crippen LogP contribution in [0.1, 0.15) is 24.8 Å². The number of hydrogen-bond donors (Lipinski definition) is 2. The van der Waals surface area contributed by atoms with Crippen molar-refractivity contribution in [1.29, 1.82) is 0 Å². The van der Waals surface area contributed by atoms with Gasteiger partial charge in [0.05, 0.1) is 26.7 Å². The predicted molar refractivity (Wildman–Crippen MR) is 92.5 cm³/mol. The van der Waals surface area contributed by atoms with Gasteiger partial charge in [-0.05, 0) is 30.5 Å². The van der Waals surface area contributed by atoms with Crippen molar-refractivity contribution in [3.8, 4) is 11.5 Å². The Morgan fingerprint density at radius 2 is 2.04 bits per heavy atom. The van der Waals surface area contributed by atoms with Crippen LogP contribution in [0.4, 0.5) is 0 Å². The molecule has 7 heteroatoms. The molecule has 1 heterocycles. The minimum atomic E-state index is -0.444. The van der Waals surface area contributed by atoms with Crippen LogP contribution in [0.2, 0.25) is 0 Å². The topological polar surface area (TPSA) is 79.9 Å². The van der Waals surface area contributed by atoms with Crippen molar-refractivity contribution in [3.63, 3.8) is 0 Å². The van der Waals surface area contributed by atoms with Gasteiger partial charge in [0.1, 0.15) is 0 Å². The van der Waals surface area contributed by atoms with E-state index in [0.29, 0.717) is 37.2 Å². The third-order valence-electron chi connectivity index (χ3n) is 4.60. The highest BCUT2D eigenvalue weighted by Gasteiger charge is 2.33. The van der Waals surface area contributed by atoms with Crippen LogP contribution in [0, 0.1) is 0 Å². The van der Waals surface area contributed by atoms with Gasteiger partial charge < -0.3 is 20.1 Å². The number of hydrogen-bond acceptors (Lipinski definition) is 5. The maximum atomic E-state index is 12.3. The number of ether oxygens (including phenoxy) is 2. The number of amides is 2. The van der Waals surface area contributed by atoms with Crippen molar-refractivity contribution in [3.05, 3.63) is 23.8 Å². The second kappa shape index (κ2) is 7.74. The fraction of sp³-hybridized carbons (Fsp3) is 0.556. The smallest absolute Gasteiger partial charge is 0.237 e. The van der Waals surface area contributed by atoms with Crippen molar-refractivity contribution < 1.29 is 19.1 Å². The van der Waals surface area contributed by atoms with Gasteiger partial charge in [0.2, 0.25) is 11.8 Å². The Morgan fingerprint density at radius 3 is 2.72 bits per heavy atom. The Bertz CT molecular complexity index is 645. The molecule has 1 aromatic carbocycles. The number of carbonyl (C=O) groups is 2. The molecule has 1 aromatic rings. The molecular formula is C18H25N3O4. The first-order valence-corrected chi connectivity index (χ1v) is 8.62. The second-order valence-corrected chi connectivity index (χ2v) is 6.51. The normalized spacial score (nSPS) is 20.7. The van der Waals surface area contributed by atoms with Gasteiger partial charge in [-0.15, -0.1) is 0 Å². The van der Waals surface area contributed by atoms with Gasteiger partial charge in [-0.2, -0.15) is 0 Å². The molecule has 0 bridgehead atoms. The van der Waals surface area contributed by atoms with Crippen LogP contribution in [0.25, 0.3) is 0 Å². The number of carbonyl (C=O) groups excluding carboxylic acids is 2. The van der Waals surface area contributed by atoms with Crippen LogP contribution in [-0.4, -0.2) is 56.1 Å². The molecule has 2 fully saturated rings. The SMILES string of the molecule is COc1ccc(CN2CCNC(=O)[C@H]2CC(=O)NC2CC2)cc1OC. The lowest BCUT2D eigenvalue weighted by Crippen LogP contribution is -2.56. The minimum absolute atomic E-state index is 0.0538. The van der Waals surface area contributed by atoms with Gasteiger partial charge in [-0.3, -0.25) is 14.5 Å². The second-order valence-electron chi connectivity index (χ2n) is 6.51. The molecule has 25 heavy (non-hydrogen) atoms. The van der Waals surface area contributed by atoms with E-state index in [-0.39, 0.29) is 18.2 Å². The monoisotopic (exact) mass is 347 g/mol. The summed E-state index contributed by atoms with van der Waals surface area (Å²) in [5.74, 6) is 1.19. The van der Waals surface area contributed by atoms with E-state index in [1.165, 1.54) is 0 Å².